The van der Waals surface area contributed by atoms with Crippen LogP contribution in [0.1, 0.15) is 13.3 Å². The van der Waals surface area contributed by atoms with Crippen molar-refractivity contribution in [1.82, 2.24) is 4.98 Å². The number of hydrogen-bond donors (Lipinski definition) is 2. The maximum Gasteiger partial charge on any atom is 0.149 e. The van der Waals surface area contributed by atoms with E-state index in [-0.39, 0.29) is 5.75 Å². The van der Waals surface area contributed by atoms with Crippen molar-refractivity contribution in [2.24, 2.45) is 0 Å². The Morgan fingerprint density at radius 2 is 2.06 bits per heavy atom. The fraction of sp³-hybridized carbons (Fsp3) is 0.545. The molecule has 0 aromatic carbocycles. The van der Waals surface area contributed by atoms with Crippen molar-refractivity contribution < 1.29 is 8.42 Å². The van der Waals surface area contributed by atoms with Crippen molar-refractivity contribution in [3.8, 4) is 0 Å². The highest BCUT2D eigenvalue weighted by atomic mass is 32.2. The summed E-state index contributed by atoms with van der Waals surface area (Å²) < 4.78 is 21.9. The number of aromatic nitrogens is 1. The Balaban J connectivity index is 2.48. The van der Waals surface area contributed by atoms with Crippen LogP contribution in [0.25, 0.3) is 0 Å². The molecule has 0 atom stereocenters. The minimum atomic E-state index is -2.91. The summed E-state index contributed by atoms with van der Waals surface area (Å²) in [4.78, 5) is 4.16. The molecular formula is C11H19N3O2S. The summed E-state index contributed by atoms with van der Waals surface area (Å²) in [6, 6.07) is 3.69. The lowest BCUT2D eigenvalue weighted by molar-refractivity contribution is 0.602. The summed E-state index contributed by atoms with van der Waals surface area (Å²) in [7, 11) is -2.91. The highest BCUT2D eigenvalue weighted by Crippen LogP contribution is 2.11. The van der Waals surface area contributed by atoms with E-state index >= 15 is 0 Å². The van der Waals surface area contributed by atoms with Crippen LogP contribution in [-0.4, -0.2) is 38.5 Å². The number of anilines is 2. The molecule has 6 heteroatoms. The Kier molecular flexibility index (Phi) is 5.21. The van der Waals surface area contributed by atoms with E-state index in [1.807, 2.05) is 12.1 Å². The highest BCUT2D eigenvalue weighted by Gasteiger charge is 2.01. The van der Waals surface area contributed by atoms with Gasteiger partial charge in [0.1, 0.15) is 15.7 Å². The van der Waals surface area contributed by atoms with Crippen molar-refractivity contribution in [1.29, 1.82) is 0 Å². The molecule has 17 heavy (non-hydrogen) atoms. The average Bonchev–Trinajstić information content (AvgIpc) is 2.25. The van der Waals surface area contributed by atoms with Crippen LogP contribution in [0.15, 0.2) is 18.3 Å². The molecule has 0 aliphatic rings. The first-order valence-electron chi connectivity index (χ1n) is 5.63. The molecule has 1 aromatic rings. The average molecular weight is 257 g/mol. The van der Waals surface area contributed by atoms with Crippen LogP contribution in [0.5, 0.6) is 0 Å². The number of sulfone groups is 1. The summed E-state index contributed by atoms with van der Waals surface area (Å²) in [6.07, 6.45) is 3.96. The molecule has 0 saturated carbocycles. The van der Waals surface area contributed by atoms with E-state index in [4.69, 9.17) is 0 Å². The van der Waals surface area contributed by atoms with Gasteiger partial charge >= 0.3 is 0 Å². The number of rotatable bonds is 7. The maximum absolute atomic E-state index is 11.0. The summed E-state index contributed by atoms with van der Waals surface area (Å²) in [5.41, 5.74) is 0.877. The minimum Gasteiger partial charge on any atom is -0.384 e. The Labute approximate surface area is 103 Å². The Morgan fingerprint density at radius 3 is 2.71 bits per heavy atom. The lowest BCUT2D eigenvalue weighted by Gasteiger charge is -2.08. The van der Waals surface area contributed by atoms with Crippen molar-refractivity contribution >= 4 is 21.3 Å². The monoisotopic (exact) mass is 257 g/mol. The number of pyridine rings is 1. The molecule has 0 saturated heterocycles. The topological polar surface area (TPSA) is 71.1 Å². The highest BCUT2D eigenvalue weighted by molar-refractivity contribution is 7.90. The van der Waals surface area contributed by atoms with Crippen molar-refractivity contribution in [3.63, 3.8) is 0 Å². The summed E-state index contributed by atoms with van der Waals surface area (Å²) in [5, 5.41) is 6.23. The van der Waals surface area contributed by atoms with Crippen LogP contribution < -0.4 is 10.6 Å². The lowest BCUT2D eigenvalue weighted by atomic mass is 10.3. The summed E-state index contributed by atoms with van der Waals surface area (Å²) in [6.45, 7) is 3.37. The standard InChI is InChI=1S/C11H19N3O2S/c1-3-5-13-11-9-10(4-6-14-11)12-7-8-17(2,15)16/h4,6,9H,3,5,7-8H2,1-2H3,(H2,12,13,14). The molecule has 0 bridgehead atoms. The molecule has 0 amide bonds. The van der Waals surface area contributed by atoms with E-state index in [1.165, 1.54) is 6.26 Å². The normalized spacial score (nSPS) is 11.2. The van der Waals surface area contributed by atoms with Gasteiger partial charge in [-0.3, -0.25) is 0 Å². The van der Waals surface area contributed by atoms with Gasteiger partial charge in [0.25, 0.3) is 0 Å². The number of nitrogens with zero attached hydrogens (tertiary/aromatic N) is 1. The lowest BCUT2D eigenvalue weighted by Crippen LogP contribution is -2.14. The van der Waals surface area contributed by atoms with Gasteiger partial charge in [-0.1, -0.05) is 6.92 Å². The third kappa shape index (κ3) is 6.11. The molecular weight excluding hydrogens is 238 g/mol. The zero-order chi connectivity index (χ0) is 12.7. The molecule has 5 nitrogen and oxygen atoms in total. The molecule has 1 aromatic heterocycles. The van der Waals surface area contributed by atoms with Gasteiger partial charge in [0.15, 0.2) is 0 Å². The van der Waals surface area contributed by atoms with Gasteiger partial charge in [0.2, 0.25) is 0 Å². The third-order valence-corrected chi connectivity index (χ3v) is 3.06. The molecule has 1 heterocycles. The van der Waals surface area contributed by atoms with Gasteiger partial charge in [-0.05, 0) is 12.5 Å². The first-order chi connectivity index (χ1) is 8.01. The van der Waals surface area contributed by atoms with E-state index in [2.05, 4.69) is 22.5 Å². The van der Waals surface area contributed by atoms with Crippen LogP contribution in [0.3, 0.4) is 0 Å². The fourth-order valence-electron chi connectivity index (χ4n) is 1.27. The molecule has 0 unspecified atom stereocenters. The van der Waals surface area contributed by atoms with E-state index < -0.39 is 9.84 Å². The largest absolute Gasteiger partial charge is 0.384 e. The van der Waals surface area contributed by atoms with Gasteiger partial charge in [-0.25, -0.2) is 13.4 Å². The SMILES string of the molecule is CCCNc1cc(NCCS(C)(=O)=O)ccn1. The fourth-order valence-corrected chi connectivity index (χ4v) is 1.74. The summed E-state index contributed by atoms with van der Waals surface area (Å²) in [5.74, 6) is 0.934. The van der Waals surface area contributed by atoms with Gasteiger partial charge in [-0.15, -0.1) is 0 Å². The van der Waals surface area contributed by atoms with Crippen LogP contribution >= 0.6 is 0 Å². The molecule has 0 radical (unpaired) electrons. The third-order valence-electron chi connectivity index (χ3n) is 2.12. The van der Waals surface area contributed by atoms with E-state index in [0.717, 1.165) is 24.5 Å². The molecule has 0 fully saturated rings. The zero-order valence-corrected chi connectivity index (χ0v) is 11.0. The van der Waals surface area contributed by atoms with E-state index in [1.54, 1.807) is 6.20 Å². The van der Waals surface area contributed by atoms with Crippen molar-refractivity contribution in [2.75, 3.05) is 35.7 Å². The zero-order valence-electron chi connectivity index (χ0n) is 10.2. The van der Waals surface area contributed by atoms with Crippen molar-refractivity contribution in [3.05, 3.63) is 18.3 Å². The van der Waals surface area contributed by atoms with Crippen LogP contribution in [0, 0.1) is 0 Å². The first-order valence-corrected chi connectivity index (χ1v) is 7.69. The Hall–Kier alpha value is -1.30. The van der Waals surface area contributed by atoms with Crippen LogP contribution in [-0.2, 0) is 9.84 Å². The van der Waals surface area contributed by atoms with Crippen LogP contribution in [0.2, 0.25) is 0 Å². The van der Waals surface area contributed by atoms with E-state index in [9.17, 15) is 8.42 Å². The summed E-state index contributed by atoms with van der Waals surface area (Å²) >= 11 is 0. The second-order valence-electron chi connectivity index (χ2n) is 3.91. The van der Waals surface area contributed by atoms with Gasteiger partial charge in [0, 0.05) is 37.3 Å². The van der Waals surface area contributed by atoms with Crippen molar-refractivity contribution in [2.45, 2.75) is 13.3 Å². The molecule has 96 valence electrons. The van der Waals surface area contributed by atoms with Gasteiger partial charge in [-0.2, -0.15) is 0 Å². The minimum absolute atomic E-state index is 0.132. The molecule has 2 N–H and O–H groups in total. The van der Waals surface area contributed by atoms with Gasteiger partial charge < -0.3 is 10.6 Å². The quantitative estimate of drug-likeness (QED) is 0.771. The molecule has 0 aliphatic carbocycles. The Bertz CT molecular complexity index is 446. The maximum atomic E-state index is 11.0. The van der Waals surface area contributed by atoms with E-state index in [0.29, 0.717) is 6.54 Å². The predicted molar refractivity (Wildman–Crippen MR) is 71.2 cm³/mol. The Morgan fingerprint density at radius 1 is 1.29 bits per heavy atom. The number of hydrogen-bond acceptors (Lipinski definition) is 5. The molecule has 1 rings (SSSR count). The predicted octanol–water partition coefficient (Wildman–Crippen LogP) is 1.36. The van der Waals surface area contributed by atoms with Crippen LogP contribution in [0.4, 0.5) is 11.5 Å². The smallest absolute Gasteiger partial charge is 0.149 e. The molecule has 0 aliphatic heterocycles. The first kappa shape index (κ1) is 13.8. The number of nitrogens with one attached hydrogen (secondary N) is 2. The van der Waals surface area contributed by atoms with Gasteiger partial charge in [0.05, 0.1) is 5.75 Å². The second-order valence-corrected chi connectivity index (χ2v) is 6.17. The molecule has 0 spiro atoms. The second kappa shape index (κ2) is 6.44.